The van der Waals surface area contributed by atoms with Gasteiger partial charge in [0, 0.05) is 25.9 Å². The summed E-state index contributed by atoms with van der Waals surface area (Å²) in [5, 5.41) is 13.4. The molecule has 0 rings (SSSR count). The van der Waals surface area contributed by atoms with E-state index in [1.807, 2.05) is 32.8 Å². The number of carbonyl (C=O) groups is 3. The van der Waals surface area contributed by atoms with Crippen LogP contribution in [0.15, 0.2) is 0 Å². The number of unbranched alkanes of at least 4 members (excludes halogenated alkanes) is 1. The molecule has 0 spiro atoms. The maximum atomic E-state index is 11.6. The number of aliphatic carboxylic acids is 1. The average Bonchev–Trinajstić information content (AvgIpc) is 2.30. The Balaban J connectivity index is 3.88. The molecule has 0 radical (unpaired) electrons. The lowest BCUT2D eigenvalue weighted by atomic mass is 9.93. The molecule has 3 amide bonds. The molecule has 3 N–H and O–H groups in total. The zero-order valence-corrected chi connectivity index (χ0v) is 13.4. The summed E-state index contributed by atoms with van der Waals surface area (Å²) < 4.78 is 0. The molecule has 0 bridgehead atoms. The van der Waals surface area contributed by atoms with E-state index >= 15 is 0 Å². The van der Waals surface area contributed by atoms with Crippen molar-refractivity contribution in [3.63, 3.8) is 0 Å². The van der Waals surface area contributed by atoms with E-state index in [9.17, 15) is 14.4 Å². The van der Waals surface area contributed by atoms with Crippen LogP contribution in [0.25, 0.3) is 0 Å². The van der Waals surface area contributed by atoms with Crippen molar-refractivity contribution in [2.24, 2.45) is 5.41 Å². The second-order valence-corrected chi connectivity index (χ2v) is 6.23. The van der Waals surface area contributed by atoms with E-state index in [0.29, 0.717) is 19.4 Å². The van der Waals surface area contributed by atoms with E-state index in [2.05, 4.69) is 10.6 Å². The molecular formula is C14H27N3O4. The number of carboxylic acids is 1. The minimum Gasteiger partial charge on any atom is -0.481 e. The second-order valence-electron chi connectivity index (χ2n) is 6.23. The van der Waals surface area contributed by atoms with Crippen LogP contribution in [0.5, 0.6) is 0 Å². The van der Waals surface area contributed by atoms with Gasteiger partial charge in [0.25, 0.3) is 0 Å². The van der Waals surface area contributed by atoms with Gasteiger partial charge in [0.1, 0.15) is 0 Å². The van der Waals surface area contributed by atoms with Crippen LogP contribution in [0.2, 0.25) is 0 Å². The summed E-state index contributed by atoms with van der Waals surface area (Å²) in [6, 6.07) is -0.509. The highest BCUT2D eigenvalue weighted by Gasteiger charge is 2.20. The molecular weight excluding hydrogens is 274 g/mol. The third-order valence-corrected chi connectivity index (χ3v) is 2.77. The number of urea groups is 1. The summed E-state index contributed by atoms with van der Waals surface area (Å²) >= 11 is 0. The molecule has 0 fully saturated rings. The van der Waals surface area contributed by atoms with Gasteiger partial charge in [-0.2, -0.15) is 0 Å². The largest absolute Gasteiger partial charge is 0.481 e. The Morgan fingerprint density at radius 3 is 2.19 bits per heavy atom. The fourth-order valence-corrected chi connectivity index (χ4v) is 2.03. The van der Waals surface area contributed by atoms with Crippen molar-refractivity contribution in [2.45, 2.75) is 39.5 Å². The molecule has 21 heavy (non-hydrogen) atoms. The molecule has 122 valence electrons. The highest BCUT2D eigenvalue weighted by Crippen LogP contribution is 2.13. The number of nitrogens with zero attached hydrogens (tertiary/aromatic N) is 1. The van der Waals surface area contributed by atoms with Crippen LogP contribution in [-0.2, 0) is 9.59 Å². The van der Waals surface area contributed by atoms with E-state index < -0.39 is 12.0 Å². The van der Waals surface area contributed by atoms with Gasteiger partial charge in [-0.15, -0.1) is 0 Å². The number of imide groups is 1. The number of hydrogen-bond acceptors (Lipinski definition) is 4. The van der Waals surface area contributed by atoms with Gasteiger partial charge in [-0.1, -0.05) is 13.8 Å². The Bertz CT molecular complexity index is 367. The van der Waals surface area contributed by atoms with E-state index in [1.54, 1.807) is 0 Å². The molecule has 7 nitrogen and oxygen atoms in total. The van der Waals surface area contributed by atoms with E-state index in [4.69, 9.17) is 5.11 Å². The van der Waals surface area contributed by atoms with Crippen molar-refractivity contribution in [1.29, 1.82) is 0 Å². The first-order valence-electron chi connectivity index (χ1n) is 7.06. The second kappa shape index (κ2) is 9.33. The van der Waals surface area contributed by atoms with Gasteiger partial charge in [0.15, 0.2) is 0 Å². The number of hydrogen-bond donors (Lipinski definition) is 3. The molecule has 7 heteroatoms. The molecule has 0 heterocycles. The maximum absolute atomic E-state index is 11.6. The van der Waals surface area contributed by atoms with Crippen LogP contribution in [0.1, 0.15) is 39.5 Å². The quantitative estimate of drug-likeness (QED) is 0.553. The minimum absolute atomic E-state index is 0.0399. The molecule has 0 aliphatic heterocycles. The fraction of sp³-hybridized carbons (Fsp3) is 0.786. The standard InChI is InChI=1S/C14H27N3O4/c1-14(2,10-17(3)4)9-15-13(21)16-11(18)7-5-6-8-12(19)20/h5-10H2,1-4H3,(H,19,20)(H2,15,16,18,21). The third-order valence-electron chi connectivity index (χ3n) is 2.77. The molecule has 0 aromatic heterocycles. The minimum atomic E-state index is -0.878. The van der Waals surface area contributed by atoms with Gasteiger partial charge < -0.3 is 15.3 Å². The summed E-state index contributed by atoms with van der Waals surface area (Å²) in [5.74, 6) is -1.26. The molecule has 0 atom stereocenters. The summed E-state index contributed by atoms with van der Waals surface area (Å²) in [7, 11) is 3.92. The van der Waals surface area contributed by atoms with Gasteiger partial charge in [-0.3, -0.25) is 14.9 Å². The maximum Gasteiger partial charge on any atom is 0.321 e. The van der Waals surface area contributed by atoms with Crippen LogP contribution in [0.4, 0.5) is 4.79 Å². The lowest BCUT2D eigenvalue weighted by molar-refractivity contribution is -0.137. The zero-order valence-electron chi connectivity index (χ0n) is 13.4. The van der Waals surface area contributed by atoms with Gasteiger partial charge >= 0.3 is 12.0 Å². The fourth-order valence-electron chi connectivity index (χ4n) is 2.03. The molecule has 0 unspecified atom stereocenters. The topological polar surface area (TPSA) is 98.7 Å². The smallest absolute Gasteiger partial charge is 0.321 e. The van der Waals surface area contributed by atoms with E-state index in [0.717, 1.165) is 6.54 Å². The summed E-state index contributed by atoms with van der Waals surface area (Å²) in [5.41, 5.74) is -0.0919. The lowest BCUT2D eigenvalue weighted by Gasteiger charge is -2.28. The third kappa shape index (κ3) is 11.9. The Hall–Kier alpha value is -1.63. The first kappa shape index (κ1) is 19.4. The highest BCUT2D eigenvalue weighted by atomic mass is 16.4. The normalized spacial score (nSPS) is 11.3. The first-order valence-corrected chi connectivity index (χ1v) is 7.06. The summed E-state index contributed by atoms with van der Waals surface area (Å²) in [6.07, 6.45) is 1.08. The van der Waals surface area contributed by atoms with E-state index in [1.165, 1.54) is 0 Å². The van der Waals surface area contributed by atoms with Gasteiger partial charge in [0.2, 0.25) is 5.91 Å². The molecule has 0 aliphatic carbocycles. The Morgan fingerprint density at radius 1 is 1.10 bits per heavy atom. The average molecular weight is 301 g/mol. The predicted molar refractivity (Wildman–Crippen MR) is 80.0 cm³/mol. The van der Waals surface area contributed by atoms with Gasteiger partial charge in [-0.05, 0) is 32.4 Å². The summed E-state index contributed by atoms with van der Waals surface area (Å²) in [4.78, 5) is 35.4. The predicted octanol–water partition coefficient (Wildman–Crippen LogP) is 1.05. The Labute approximate surface area is 126 Å². The van der Waals surface area contributed by atoms with Crippen LogP contribution in [0, 0.1) is 5.41 Å². The Morgan fingerprint density at radius 2 is 1.67 bits per heavy atom. The summed E-state index contributed by atoms with van der Waals surface area (Å²) in [6.45, 7) is 5.34. The van der Waals surface area contributed by atoms with Crippen molar-refractivity contribution in [3.8, 4) is 0 Å². The van der Waals surface area contributed by atoms with Crippen molar-refractivity contribution < 1.29 is 19.5 Å². The van der Waals surface area contributed by atoms with E-state index in [-0.39, 0.29) is 24.2 Å². The van der Waals surface area contributed by atoms with Crippen LogP contribution >= 0.6 is 0 Å². The molecule has 0 aromatic rings. The molecule has 0 aliphatic rings. The number of rotatable bonds is 9. The van der Waals surface area contributed by atoms with Crippen LogP contribution in [0.3, 0.4) is 0 Å². The highest BCUT2D eigenvalue weighted by molar-refractivity contribution is 5.94. The van der Waals surface area contributed by atoms with Crippen molar-refractivity contribution >= 4 is 17.9 Å². The van der Waals surface area contributed by atoms with Crippen LogP contribution < -0.4 is 10.6 Å². The van der Waals surface area contributed by atoms with Gasteiger partial charge in [0.05, 0.1) is 0 Å². The van der Waals surface area contributed by atoms with Crippen LogP contribution in [-0.4, -0.2) is 55.1 Å². The lowest BCUT2D eigenvalue weighted by Crippen LogP contribution is -2.45. The number of carbonyl (C=O) groups excluding carboxylic acids is 2. The Kier molecular flexibility index (Phi) is 8.61. The van der Waals surface area contributed by atoms with Gasteiger partial charge in [-0.25, -0.2) is 4.79 Å². The zero-order chi connectivity index (χ0) is 16.5. The molecule has 0 aromatic carbocycles. The van der Waals surface area contributed by atoms with Crippen molar-refractivity contribution in [2.75, 3.05) is 27.2 Å². The molecule has 0 saturated carbocycles. The number of nitrogens with one attached hydrogen (secondary N) is 2. The molecule has 0 saturated heterocycles. The van der Waals surface area contributed by atoms with Crippen molar-refractivity contribution in [3.05, 3.63) is 0 Å². The van der Waals surface area contributed by atoms with Crippen molar-refractivity contribution in [1.82, 2.24) is 15.5 Å². The first-order chi connectivity index (χ1) is 9.62. The SMILES string of the molecule is CN(C)CC(C)(C)CNC(=O)NC(=O)CCCCC(=O)O. The monoisotopic (exact) mass is 301 g/mol. The number of amides is 3. The number of carboxylic acid groups (broad SMARTS) is 1.